The predicted octanol–water partition coefficient (Wildman–Crippen LogP) is -1.54. The lowest BCUT2D eigenvalue weighted by Crippen LogP contribution is -2.44. The molecule has 1 heterocycles. The Morgan fingerprint density at radius 2 is 2.12 bits per heavy atom. The van der Waals surface area contributed by atoms with E-state index >= 15 is 0 Å². The van der Waals surface area contributed by atoms with E-state index in [1.807, 2.05) is 0 Å². The molecule has 1 aliphatic heterocycles. The third-order valence-corrected chi connectivity index (χ3v) is 4.00. The highest BCUT2D eigenvalue weighted by atomic mass is 32.2. The third kappa shape index (κ3) is 4.58. The molecule has 17 heavy (non-hydrogen) atoms. The van der Waals surface area contributed by atoms with E-state index in [4.69, 9.17) is 4.74 Å². The highest BCUT2D eigenvalue weighted by Gasteiger charge is 2.30. The highest BCUT2D eigenvalue weighted by Crippen LogP contribution is 2.06. The number of ether oxygens (including phenoxy) is 2. The van der Waals surface area contributed by atoms with Crippen molar-refractivity contribution in [2.75, 3.05) is 33.1 Å². The Hall–Kier alpha value is -0.700. The zero-order chi connectivity index (χ0) is 12.9. The van der Waals surface area contributed by atoms with Crippen LogP contribution in [0.2, 0.25) is 0 Å². The molecule has 0 radical (unpaired) electrons. The molecule has 8 heteroatoms. The molecule has 1 rings (SSSR count). The van der Waals surface area contributed by atoms with E-state index in [-0.39, 0.29) is 24.3 Å². The first-order valence-corrected chi connectivity index (χ1v) is 6.94. The van der Waals surface area contributed by atoms with Crippen molar-refractivity contribution >= 4 is 16.0 Å². The van der Waals surface area contributed by atoms with Gasteiger partial charge < -0.3 is 14.8 Å². The second kappa shape index (κ2) is 6.29. The molecule has 1 saturated heterocycles. The molecule has 1 aliphatic rings. The van der Waals surface area contributed by atoms with Crippen molar-refractivity contribution in [1.82, 2.24) is 10.0 Å². The number of hydrogen-bond donors (Lipinski definition) is 2. The Labute approximate surface area is 101 Å². The molecule has 7 nitrogen and oxygen atoms in total. The summed E-state index contributed by atoms with van der Waals surface area (Å²) in [5.74, 6) is -0.810. The number of nitrogens with one attached hydrogen (secondary N) is 2. The Morgan fingerprint density at radius 1 is 1.41 bits per heavy atom. The van der Waals surface area contributed by atoms with Crippen molar-refractivity contribution in [1.29, 1.82) is 0 Å². The fraction of sp³-hybridized carbons (Fsp3) is 0.889. The van der Waals surface area contributed by atoms with Crippen LogP contribution in [0.5, 0.6) is 0 Å². The molecule has 0 aliphatic carbocycles. The summed E-state index contributed by atoms with van der Waals surface area (Å²) in [6, 6.07) is -0.289. The molecule has 0 saturated carbocycles. The van der Waals surface area contributed by atoms with Crippen LogP contribution in [0.1, 0.15) is 6.42 Å². The van der Waals surface area contributed by atoms with E-state index in [0.717, 1.165) is 0 Å². The van der Waals surface area contributed by atoms with Crippen LogP contribution in [0.4, 0.5) is 0 Å². The average Bonchev–Trinajstić information content (AvgIpc) is 2.72. The minimum absolute atomic E-state index is 0.149. The van der Waals surface area contributed by atoms with Gasteiger partial charge in [0.15, 0.2) is 0 Å². The first-order valence-electron chi connectivity index (χ1n) is 5.29. The third-order valence-electron chi connectivity index (χ3n) is 2.59. The van der Waals surface area contributed by atoms with Crippen LogP contribution in [0.25, 0.3) is 0 Å². The van der Waals surface area contributed by atoms with Gasteiger partial charge in [-0.15, -0.1) is 0 Å². The van der Waals surface area contributed by atoms with Gasteiger partial charge in [-0.2, -0.15) is 0 Å². The largest absolute Gasteiger partial charge is 0.469 e. The summed E-state index contributed by atoms with van der Waals surface area (Å²) in [5, 5.41) is 3.03. The second-order valence-electron chi connectivity index (χ2n) is 3.80. The molecule has 0 bridgehead atoms. The molecule has 100 valence electrons. The lowest BCUT2D eigenvalue weighted by molar-refractivity contribution is -0.140. The summed E-state index contributed by atoms with van der Waals surface area (Å²) in [6.07, 6.45) is -0.327. The Morgan fingerprint density at radius 3 is 2.71 bits per heavy atom. The minimum Gasteiger partial charge on any atom is -0.469 e. The molecule has 0 amide bonds. The summed E-state index contributed by atoms with van der Waals surface area (Å²) >= 11 is 0. The zero-order valence-electron chi connectivity index (χ0n) is 9.93. The maximum atomic E-state index is 11.7. The van der Waals surface area contributed by atoms with E-state index in [0.29, 0.717) is 13.1 Å². The molecule has 1 fully saturated rings. The number of rotatable bonds is 6. The van der Waals surface area contributed by atoms with Gasteiger partial charge in [-0.25, -0.2) is 13.1 Å². The summed E-state index contributed by atoms with van der Waals surface area (Å²) in [6.45, 7) is 1.14. The van der Waals surface area contributed by atoms with Crippen molar-refractivity contribution in [2.24, 2.45) is 0 Å². The first kappa shape index (κ1) is 14.4. The van der Waals surface area contributed by atoms with Crippen LogP contribution >= 0.6 is 0 Å². The molecular formula is C9H18N2O5S. The molecule has 0 aromatic carbocycles. The monoisotopic (exact) mass is 266 g/mol. The maximum Gasteiger partial charge on any atom is 0.306 e. The van der Waals surface area contributed by atoms with Crippen molar-refractivity contribution < 1.29 is 22.7 Å². The van der Waals surface area contributed by atoms with Crippen LogP contribution in [-0.4, -0.2) is 59.6 Å². The molecule has 0 aromatic rings. The fourth-order valence-corrected chi connectivity index (χ4v) is 2.88. The van der Waals surface area contributed by atoms with Crippen LogP contribution in [0.3, 0.4) is 0 Å². The summed E-state index contributed by atoms with van der Waals surface area (Å²) in [7, 11) is -0.722. The SMILES string of the molecule is COC(=O)CCS(=O)(=O)NC1CNC[C@@H]1OC. The standard InChI is InChI=1S/C9H18N2O5S/c1-15-8-6-10-5-7(8)11-17(13,14)4-3-9(12)16-2/h7-8,10-11H,3-6H2,1-2H3/t7?,8-/m0/s1. The normalized spacial score (nSPS) is 24.8. The van der Waals surface area contributed by atoms with Gasteiger partial charge in [0.25, 0.3) is 0 Å². The highest BCUT2D eigenvalue weighted by molar-refractivity contribution is 7.89. The second-order valence-corrected chi connectivity index (χ2v) is 5.68. The van der Waals surface area contributed by atoms with Crippen molar-refractivity contribution in [3.63, 3.8) is 0 Å². The lowest BCUT2D eigenvalue weighted by Gasteiger charge is -2.18. The van der Waals surface area contributed by atoms with Crippen LogP contribution in [0.15, 0.2) is 0 Å². The minimum atomic E-state index is -3.48. The molecule has 2 N–H and O–H groups in total. The summed E-state index contributed by atoms with van der Waals surface area (Å²) in [5.41, 5.74) is 0. The van der Waals surface area contributed by atoms with Crippen LogP contribution < -0.4 is 10.0 Å². The van der Waals surface area contributed by atoms with E-state index in [1.54, 1.807) is 0 Å². The van der Waals surface area contributed by atoms with E-state index < -0.39 is 16.0 Å². The van der Waals surface area contributed by atoms with Gasteiger partial charge in [0.05, 0.1) is 31.4 Å². The van der Waals surface area contributed by atoms with Gasteiger partial charge in [-0.05, 0) is 0 Å². The Bertz CT molecular complexity index is 356. The molecule has 0 spiro atoms. The van der Waals surface area contributed by atoms with E-state index in [2.05, 4.69) is 14.8 Å². The number of sulfonamides is 1. The Kier molecular flexibility index (Phi) is 5.31. The van der Waals surface area contributed by atoms with Gasteiger partial charge >= 0.3 is 5.97 Å². The fourth-order valence-electron chi connectivity index (χ4n) is 1.63. The van der Waals surface area contributed by atoms with Crippen LogP contribution in [0, 0.1) is 0 Å². The van der Waals surface area contributed by atoms with Crippen LogP contribution in [-0.2, 0) is 24.3 Å². The molecular weight excluding hydrogens is 248 g/mol. The van der Waals surface area contributed by atoms with Gasteiger partial charge in [-0.1, -0.05) is 0 Å². The first-order chi connectivity index (χ1) is 7.98. The smallest absolute Gasteiger partial charge is 0.306 e. The maximum absolute atomic E-state index is 11.7. The predicted molar refractivity (Wildman–Crippen MR) is 61.0 cm³/mol. The number of carbonyl (C=O) groups is 1. The molecule has 0 aromatic heterocycles. The summed E-state index contributed by atoms with van der Waals surface area (Å²) in [4.78, 5) is 10.9. The van der Waals surface area contributed by atoms with Crippen molar-refractivity contribution in [2.45, 2.75) is 18.6 Å². The van der Waals surface area contributed by atoms with Gasteiger partial charge in [0.2, 0.25) is 10.0 Å². The molecule has 1 unspecified atom stereocenters. The van der Waals surface area contributed by atoms with Crippen molar-refractivity contribution in [3.05, 3.63) is 0 Å². The number of esters is 1. The Balaban J connectivity index is 2.46. The quantitative estimate of drug-likeness (QED) is 0.566. The van der Waals surface area contributed by atoms with E-state index in [1.165, 1.54) is 14.2 Å². The van der Waals surface area contributed by atoms with E-state index in [9.17, 15) is 13.2 Å². The summed E-state index contributed by atoms with van der Waals surface area (Å²) < 4.78 is 35.4. The molecule has 2 atom stereocenters. The number of carbonyl (C=O) groups excluding carboxylic acids is 1. The topological polar surface area (TPSA) is 93.7 Å². The van der Waals surface area contributed by atoms with Gasteiger partial charge in [-0.3, -0.25) is 4.79 Å². The number of methoxy groups -OCH3 is 2. The number of hydrogen-bond acceptors (Lipinski definition) is 6. The zero-order valence-corrected chi connectivity index (χ0v) is 10.7. The van der Waals surface area contributed by atoms with Gasteiger partial charge in [0.1, 0.15) is 0 Å². The van der Waals surface area contributed by atoms with Gasteiger partial charge in [0, 0.05) is 20.2 Å². The van der Waals surface area contributed by atoms with Crippen molar-refractivity contribution in [3.8, 4) is 0 Å². The lowest BCUT2D eigenvalue weighted by atomic mass is 10.2. The average molecular weight is 266 g/mol.